The number of aryl methyl sites for hydroxylation is 2. The van der Waals surface area contributed by atoms with E-state index < -0.39 is 0 Å². The number of halogens is 1. The van der Waals surface area contributed by atoms with Gasteiger partial charge in [0.1, 0.15) is 11.5 Å². The number of rotatable bonds is 3. The number of ether oxygens (including phenoxy) is 1. The van der Waals surface area contributed by atoms with Crippen LogP contribution in [0.3, 0.4) is 0 Å². The topological polar surface area (TPSA) is 48.1 Å². The average Bonchev–Trinajstić information content (AvgIpc) is 2.35. The van der Waals surface area contributed by atoms with Crippen LogP contribution in [0.1, 0.15) is 16.7 Å². The van der Waals surface area contributed by atoms with Gasteiger partial charge in [-0.3, -0.25) is 4.98 Å². The van der Waals surface area contributed by atoms with Crippen LogP contribution in [0, 0.1) is 13.8 Å². The van der Waals surface area contributed by atoms with Gasteiger partial charge >= 0.3 is 0 Å². The number of benzene rings is 1. The van der Waals surface area contributed by atoms with Gasteiger partial charge in [-0.15, -0.1) is 0 Å². The molecule has 4 heteroatoms. The molecule has 2 aromatic rings. The highest BCUT2D eigenvalue weighted by molar-refractivity contribution is 9.10. The number of hydrogen-bond donors (Lipinski definition) is 1. The van der Waals surface area contributed by atoms with Crippen LogP contribution in [0.15, 0.2) is 35.1 Å². The van der Waals surface area contributed by atoms with Crippen molar-refractivity contribution in [1.29, 1.82) is 0 Å². The van der Waals surface area contributed by atoms with Crippen LogP contribution < -0.4 is 10.5 Å². The Bertz CT molecular complexity index is 546. The lowest BCUT2D eigenvalue weighted by Crippen LogP contribution is -1.99. The fraction of sp³-hybridized carbons (Fsp3) is 0.214. The Hall–Kier alpha value is -1.39. The lowest BCUT2D eigenvalue weighted by atomic mass is 10.1. The van der Waals surface area contributed by atoms with Gasteiger partial charge in [0.05, 0.1) is 4.47 Å². The minimum Gasteiger partial charge on any atom is -0.456 e. The number of aromatic nitrogens is 1. The van der Waals surface area contributed by atoms with Gasteiger partial charge in [-0.1, -0.05) is 12.1 Å². The van der Waals surface area contributed by atoms with Crippen LogP contribution in [0.4, 0.5) is 0 Å². The molecule has 0 radical (unpaired) electrons. The van der Waals surface area contributed by atoms with Gasteiger partial charge in [0.2, 0.25) is 0 Å². The number of nitrogens with two attached hydrogens (primary N) is 1. The zero-order valence-corrected chi connectivity index (χ0v) is 12.0. The summed E-state index contributed by atoms with van der Waals surface area (Å²) < 4.78 is 6.78. The van der Waals surface area contributed by atoms with Crippen molar-refractivity contribution in [3.8, 4) is 11.5 Å². The standard InChI is InChI=1S/C14H15BrN2O/c1-9-5-11(7-16)6-10(2)14(9)18-13-3-4-17-8-12(13)15/h3-6,8H,7,16H2,1-2H3. The molecule has 0 aliphatic rings. The molecule has 0 amide bonds. The Balaban J connectivity index is 2.38. The molecule has 0 aliphatic carbocycles. The molecule has 94 valence electrons. The zero-order valence-electron chi connectivity index (χ0n) is 10.4. The largest absolute Gasteiger partial charge is 0.456 e. The van der Waals surface area contributed by atoms with Crippen molar-refractivity contribution >= 4 is 15.9 Å². The van der Waals surface area contributed by atoms with Gasteiger partial charge < -0.3 is 10.5 Å². The summed E-state index contributed by atoms with van der Waals surface area (Å²) in [7, 11) is 0. The summed E-state index contributed by atoms with van der Waals surface area (Å²) in [6.07, 6.45) is 3.42. The second-order valence-corrected chi connectivity index (χ2v) is 5.03. The van der Waals surface area contributed by atoms with E-state index in [-0.39, 0.29) is 0 Å². The quantitative estimate of drug-likeness (QED) is 0.940. The maximum Gasteiger partial charge on any atom is 0.144 e. The Morgan fingerprint density at radius 2 is 1.94 bits per heavy atom. The van der Waals surface area contributed by atoms with Gasteiger partial charge in [-0.25, -0.2) is 0 Å². The first-order valence-corrected chi connectivity index (χ1v) is 6.48. The number of nitrogens with zero attached hydrogens (tertiary/aromatic N) is 1. The first kappa shape index (κ1) is 13.1. The zero-order chi connectivity index (χ0) is 13.1. The average molecular weight is 307 g/mol. The lowest BCUT2D eigenvalue weighted by Gasteiger charge is -2.14. The summed E-state index contributed by atoms with van der Waals surface area (Å²) in [5.74, 6) is 1.63. The smallest absolute Gasteiger partial charge is 0.144 e. The van der Waals surface area contributed by atoms with E-state index in [0.717, 1.165) is 32.7 Å². The maximum absolute atomic E-state index is 5.94. The molecule has 1 aromatic carbocycles. The third-order valence-electron chi connectivity index (χ3n) is 2.70. The molecule has 0 atom stereocenters. The van der Waals surface area contributed by atoms with Crippen molar-refractivity contribution in [2.75, 3.05) is 0 Å². The lowest BCUT2D eigenvalue weighted by molar-refractivity contribution is 0.471. The van der Waals surface area contributed by atoms with E-state index in [1.165, 1.54) is 0 Å². The normalized spacial score (nSPS) is 10.4. The molecular formula is C14H15BrN2O. The van der Waals surface area contributed by atoms with Crippen LogP contribution in [-0.4, -0.2) is 4.98 Å². The monoisotopic (exact) mass is 306 g/mol. The van der Waals surface area contributed by atoms with E-state index in [2.05, 4.69) is 33.0 Å². The molecule has 0 bridgehead atoms. The van der Waals surface area contributed by atoms with Crippen molar-refractivity contribution in [2.24, 2.45) is 5.73 Å². The molecule has 2 N–H and O–H groups in total. The highest BCUT2D eigenvalue weighted by atomic mass is 79.9. The van der Waals surface area contributed by atoms with Gasteiger partial charge in [-0.05, 0) is 46.5 Å². The predicted octanol–water partition coefficient (Wildman–Crippen LogP) is 3.71. The molecule has 1 aromatic heterocycles. The van der Waals surface area contributed by atoms with Crippen molar-refractivity contribution < 1.29 is 4.74 Å². The highest BCUT2D eigenvalue weighted by Gasteiger charge is 2.09. The second-order valence-electron chi connectivity index (χ2n) is 4.17. The summed E-state index contributed by atoms with van der Waals surface area (Å²) in [5, 5.41) is 0. The predicted molar refractivity (Wildman–Crippen MR) is 75.8 cm³/mol. The van der Waals surface area contributed by atoms with Crippen LogP contribution in [-0.2, 0) is 6.54 Å². The molecule has 3 nitrogen and oxygen atoms in total. The molecule has 18 heavy (non-hydrogen) atoms. The summed E-state index contributed by atoms with van der Waals surface area (Å²) >= 11 is 3.42. The molecule has 0 saturated heterocycles. The molecule has 0 saturated carbocycles. The molecule has 2 rings (SSSR count). The third kappa shape index (κ3) is 2.71. The fourth-order valence-electron chi connectivity index (χ4n) is 1.87. The Morgan fingerprint density at radius 3 is 2.50 bits per heavy atom. The van der Waals surface area contributed by atoms with E-state index >= 15 is 0 Å². The summed E-state index contributed by atoms with van der Waals surface area (Å²) in [6, 6.07) is 5.94. The number of hydrogen-bond acceptors (Lipinski definition) is 3. The van der Waals surface area contributed by atoms with E-state index in [1.807, 2.05) is 19.9 Å². The van der Waals surface area contributed by atoms with Crippen LogP contribution in [0.25, 0.3) is 0 Å². The Labute approximate surface area is 115 Å². The minimum atomic E-state index is 0.543. The van der Waals surface area contributed by atoms with Crippen molar-refractivity contribution in [3.05, 3.63) is 51.8 Å². The van der Waals surface area contributed by atoms with Gasteiger partial charge in [0.25, 0.3) is 0 Å². The summed E-state index contributed by atoms with van der Waals surface area (Å²) in [6.45, 7) is 4.59. The van der Waals surface area contributed by atoms with Gasteiger partial charge in [0, 0.05) is 25.0 Å². The van der Waals surface area contributed by atoms with E-state index in [1.54, 1.807) is 12.4 Å². The third-order valence-corrected chi connectivity index (χ3v) is 3.30. The van der Waals surface area contributed by atoms with Crippen molar-refractivity contribution in [2.45, 2.75) is 20.4 Å². The van der Waals surface area contributed by atoms with Crippen molar-refractivity contribution in [1.82, 2.24) is 4.98 Å². The Morgan fingerprint density at radius 1 is 1.28 bits per heavy atom. The molecular weight excluding hydrogens is 292 g/mol. The maximum atomic E-state index is 5.94. The van der Waals surface area contributed by atoms with Crippen LogP contribution in [0.2, 0.25) is 0 Å². The summed E-state index contributed by atoms with van der Waals surface area (Å²) in [5.41, 5.74) is 8.94. The highest BCUT2D eigenvalue weighted by Crippen LogP contribution is 2.33. The molecule has 0 spiro atoms. The molecule has 0 unspecified atom stereocenters. The van der Waals surface area contributed by atoms with Gasteiger partial charge in [0.15, 0.2) is 0 Å². The van der Waals surface area contributed by atoms with Crippen LogP contribution >= 0.6 is 15.9 Å². The SMILES string of the molecule is Cc1cc(CN)cc(C)c1Oc1ccncc1Br. The summed E-state index contributed by atoms with van der Waals surface area (Å²) in [4.78, 5) is 4.02. The molecule has 0 fully saturated rings. The number of pyridine rings is 1. The first-order valence-electron chi connectivity index (χ1n) is 5.69. The Kier molecular flexibility index (Phi) is 3.99. The minimum absolute atomic E-state index is 0.543. The second kappa shape index (κ2) is 5.50. The molecule has 0 aliphatic heterocycles. The fourth-order valence-corrected chi connectivity index (χ4v) is 2.21. The van der Waals surface area contributed by atoms with E-state index in [0.29, 0.717) is 6.54 Å². The van der Waals surface area contributed by atoms with Crippen LogP contribution in [0.5, 0.6) is 11.5 Å². The van der Waals surface area contributed by atoms with E-state index in [9.17, 15) is 0 Å². The first-order chi connectivity index (χ1) is 8.61. The van der Waals surface area contributed by atoms with E-state index in [4.69, 9.17) is 10.5 Å². The van der Waals surface area contributed by atoms with Gasteiger partial charge in [-0.2, -0.15) is 0 Å². The molecule has 1 heterocycles. The van der Waals surface area contributed by atoms with Crippen molar-refractivity contribution in [3.63, 3.8) is 0 Å².